The predicted octanol–water partition coefficient (Wildman–Crippen LogP) is 3.12. The molecule has 1 heterocycles. The number of hydrogen-bond donors (Lipinski definition) is 1. The van der Waals surface area contributed by atoms with Gasteiger partial charge in [0.1, 0.15) is 0 Å². The lowest BCUT2D eigenvalue weighted by Crippen LogP contribution is -2.32. The van der Waals surface area contributed by atoms with E-state index in [0.717, 1.165) is 5.56 Å². The summed E-state index contributed by atoms with van der Waals surface area (Å²) in [5.74, 6) is -1.58. The molecular formula is C20H18N2O5. The van der Waals surface area contributed by atoms with Crippen LogP contribution >= 0.6 is 0 Å². The van der Waals surface area contributed by atoms with Crippen LogP contribution in [0.25, 0.3) is 0 Å². The number of ketones is 1. The largest absolute Gasteiger partial charge is 0.503 e. The second-order valence-electron chi connectivity index (χ2n) is 6.30. The molecule has 0 spiro atoms. The summed E-state index contributed by atoms with van der Waals surface area (Å²) in [5, 5.41) is 21.1. The summed E-state index contributed by atoms with van der Waals surface area (Å²) in [5.41, 5.74) is 1.48. The lowest BCUT2D eigenvalue weighted by atomic mass is 9.96. The van der Waals surface area contributed by atoms with E-state index in [2.05, 4.69) is 0 Å². The number of carbonyl (C=O) groups excluding carboxylic acids is 2. The van der Waals surface area contributed by atoms with Crippen LogP contribution in [0.5, 0.6) is 0 Å². The number of amides is 1. The molecular weight excluding hydrogens is 348 g/mol. The van der Waals surface area contributed by atoms with Crippen LogP contribution in [0.15, 0.2) is 65.9 Å². The Kier molecular flexibility index (Phi) is 5.03. The number of Topliss-reactive ketones (excluding diaryl/α,β-unsaturated/α-hetero) is 1. The maximum absolute atomic E-state index is 12.6. The zero-order chi connectivity index (χ0) is 19.6. The van der Waals surface area contributed by atoms with Crippen LogP contribution in [0.1, 0.15) is 24.1 Å². The summed E-state index contributed by atoms with van der Waals surface area (Å²) in [4.78, 5) is 36.4. The van der Waals surface area contributed by atoms with Crippen molar-refractivity contribution < 1.29 is 19.6 Å². The number of nitro benzene ring substituents is 1. The van der Waals surface area contributed by atoms with Crippen LogP contribution in [0.2, 0.25) is 0 Å². The topological polar surface area (TPSA) is 101 Å². The van der Waals surface area contributed by atoms with Crippen LogP contribution in [0.3, 0.4) is 0 Å². The zero-order valence-corrected chi connectivity index (χ0v) is 14.7. The maximum Gasteiger partial charge on any atom is 0.290 e. The van der Waals surface area contributed by atoms with Gasteiger partial charge in [0, 0.05) is 18.7 Å². The fourth-order valence-corrected chi connectivity index (χ4v) is 3.26. The Hall–Kier alpha value is -3.48. The summed E-state index contributed by atoms with van der Waals surface area (Å²) < 4.78 is 0. The van der Waals surface area contributed by atoms with E-state index in [9.17, 15) is 24.8 Å². The number of non-ortho nitro benzene ring substituents is 1. The van der Waals surface area contributed by atoms with Gasteiger partial charge in [-0.3, -0.25) is 19.7 Å². The molecule has 27 heavy (non-hydrogen) atoms. The van der Waals surface area contributed by atoms with E-state index < -0.39 is 28.4 Å². The second kappa shape index (κ2) is 7.41. The normalized spacial score (nSPS) is 16.7. The van der Waals surface area contributed by atoms with Crippen molar-refractivity contribution in [1.29, 1.82) is 0 Å². The molecule has 2 aromatic rings. The van der Waals surface area contributed by atoms with Crippen molar-refractivity contribution in [2.45, 2.75) is 19.4 Å². The minimum atomic E-state index is -0.764. The van der Waals surface area contributed by atoms with Crippen LogP contribution in [-0.2, 0) is 16.0 Å². The number of aliphatic hydroxyl groups is 1. The van der Waals surface area contributed by atoms with Crippen molar-refractivity contribution >= 4 is 17.4 Å². The average molecular weight is 366 g/mol. The third-order valence-electron chi connectivity index (χ3n) is 4.59. The lowest BCUT2D eigenvalue weighted by molar-refractivity contribution is -0.384. The van der Waals surface area contributed by atoms with Gasteiger partial charge >= 0.3 is 0 Å². The van der Waals surface area contributed by atoms with Crippen LogP contribution in [0.4, 0.5) is 5.69 Å². The fraction of sp³-hybridized carbons (Fsp3) is 0.200. The first-order valence-corrected chi connectivity index (χ1v) is 8.43. The minimum absolute atomic E-state index is 0.0157. The van der Waals surface area contributed by atoms with E-state index >= 15 is 0 Å². The monoisotopic (exact) mass is 366 g/mol. The molecule has 0 unspecified atom stereocenters. The van der Waals surface area contributed by atoms with Gasteiger partial charge in [-0.15, -0.1) is 0 Å². The Morgan fingerprint density at radius 3 is 2.33 bits per heavy atom. The summed E-state index contributed by atoms with van der Waals surface area (Å²) in [6, 6.07) is 14.4. The number of nitrogens with zero attached hydrogens (tertiary/aromatic N) is 2. The number of benzene rings is 2. The van der Waals surface area contributed by atoms with E-state index in [4.69, 9.17) is 0 Å². The molecule has 0 aliphatic carbocycles. The maximum atomic E-state index is 12.6. The Morgan fingerprint density at radius 1 is 1.15 bits per heavy atom. The Bertz CT molecular complexity index is 919. The zero-order valence-electron chi connectivity index (χ0n) is 14.7. The predicted molar refractivity (Wildman–Crippen MR) is 98.0 cm³/mol. The second-order valence-corrected chi connectivity index (χ2v) is 6.30. The van der Waals surface area contributed by atoms with Gasteiger partial charge in [0.2, 0.25) is 0 Å². The quantitative estimate of drug-likeness (QED) is 0.625. The van der Waals surface area contributed by atoms with Crippen molar-refractivity contribution in [1.82, 2.24) is 4.90 Å². The third-order valence-corrected chi connectivity index (χ3v) is 4.59. The third kappa shape index (κ3) is 3.57. The van der Waals surface area contributed by atoms with E-state index in [1.165, 1.54) is 36.1 Å². The van der Waals surface area contributed by atoms with E-state index in [1.54, 1.807) is 0 Å². The van der Waals surface area contributed by atoms with Crippen molar-refractivity contribution in [2.75, 3.05) is 6.54 Å². The highest BCUT2D eigenvalue weighted by Crippen LogP contribution is 2.38. The van der Waals surface area contributed by atoms with Crippen molar-refractivity contribution in [3.63, 3.8) is 0 Å². The molecule has 0 radical (unpaired) electrons. The summed E-state index contributed by atoms with van der Waals surface area (Å²) in [7, 11) is 0. The van der Waals surface area contributed by atoms with Gasteiger partial charge in [0.25, 0.3) is 11.6 Å². The molecule has 0 fully saturated rings. The Morgan fingerprint density at radius 2 is 1.78 bits per heavy atom. The van der Waals surface area contributed by atoms with E-state index in [1.807, 2.05) is 30.3 Å². The molecule has 3 rings (SSSR count). The molecule has 1 aliphatic rings. The fourth-order valence-electron chi connectivity index (χ4n) is 3.26. The van der Waals surface area contributed by atoms with Crippen molar-refractivity contribution in [3.05, 3.63) is 87.2 Å². The van der Waals surface area contributed by atoms with Gasteiger partial charge < -0.3 is 10.0 Å². The standard InChI is InChI=1S/C20H18N2O5/c1-13(23)17-18(15-7-9-16(10-8-15)22(26)27)21(20(25)19(17)24)12-11-14-5-3-2-4-6-14/h2-10,18,24H,11-12H2,1H3/t18-/m1/s1. The average Bonchev–Trinajstić information content (AvgIpc) is 2.92. The van der Waals surface area contributed by atoms with Gasteiger partial charge in [0.05, 0.1) is 16.5 Å². The molecule has 0 bridgehead atoms. The van der Waals surface area contributed by atoms with E-state index in [0.29, 0.717) is 18.5 Å². The first-order chi connectivity index (χ1) is 12.9. The van der Waals surface area contributed by atoms with Gasteiger partial charge in [-0.1, -0.05) is 30.3 Å². The molecule has 0 aromatic heterocycles. The first kappa shape index (κ1) is 18.3. The van der Waals surface area contributed by atoms with Gasteiger partial charge in [0.15, 0.2) is 11.5 Å². The highest BCUT2D eigenvalue weighted by Gasteiger charge is 2.42. The molecule has 7 nitrogen and oxygen atoms in total. The summed E-state index contributed by atoms with van der Waals surface area (Å²) >= 11 is 0. The van der Waals surface area contributed by atoms with E-state index in [-0.39, 0.29) is 11.3 Å². The number of carbonyl (C=O) groups is 2. The molecule has 7 heteroatoms. The highest BCUT2D eigenvalue weighted by molar-refractivity contribution is 6.08. The van der Waals surface area contributed by atoms with Crippen molar-refractivity contribution in [3.8, 4) is 0 Å². The highest BCUT2D eigenvalue weighted by atomic mass is 16.6. The lowest BCUT2D eigenvalue weighted by Gasteiger charge is -2.26. The Labute approximate surface area is 155 Å². The molecule has 1 aliphatic heterocycles. The number of rotatable bonds is 6. The SMILES string of the molecule is CC(=O)C1=C(O)C(=O)N(CCc2ccccc2)[C@@H]1c1ccc([N+](=O)[O-])cc1. The smallest absolute Gasteiger partial charge is 0.290 e. The molecule has 1 atom stereocenters. The van der Waals surface area contributed by atoms with Crippen LogP contribution in [-0.4, -0.2) is 33.2 Å². The number of aliphatic hydroxyl groups excluding tert-OH is 1. The molecule has 0 saturated carbocycles. The van der Waals surface area contributed by atoms with Crippen molar-refractivity contribution in [2.24, 2.45) is 0 Å². The number of hydrogen-bond acceptors (Lipinski definition) is 5. The van der Waals surface area contributed by atoms with Gasteiger partial charge in [-0.2, -0.15) is 0 Å². The Balaban J connectivity index is 1.94. The van der Waals surface area contributed by atoms with Crippen LogP contribution < -0.4 is 0 Å². The van der Waals surface area contributed by atoms with Gasteiger partial charge in [-0.05, 0) is 36.6 Å². The van der Waals surface area contributed by atoms with Gasteiger partial charge in [-0.25, -0.2) is 0 Å². The molecule has 2 aromatic carbocycles. The molecule has 1 amide bonds. The molecule has 0 saturated heterocycles. The summed E-state index contributed by atoms with van der Waals surface area (Å²) in [6.45, 7) is 1.59. The summed E-state index contributed by atoms with van der Waals surface area (Å²) in [6.07, 6.45) is 0.550. The minimum Gasteiger partial charge on any atom is -0.503 e. The molecule has 1 N–H and O–H groups in total. The van der Waals surface area contributed by atoms with Crippen LogP contribution in [0, 0.1) is 10.1 Å². The number of nitro groups is 1. The molecule has 138 valence electrons. The first-order valence-electron chi connectivity index (χ1n) is 8.43.